The monoisotopic (exact) mass is 132 g/mol. The van der Waals surface area contributed by atoms with Crippen molar-refractivity contribution in [3.8, 4) is 0 Å². The molecule has 48 valence electrons. The molecule has 1 aliphatic rings. The molecule has 3 heteroatoms. The van der Waals surface area contributed by atoms with Gasteiger partial charge in [-0.2, -0.15) is 0 Å². The highest BCUT2D eigenvalue weighted by Gasteiger charge is 1.93. The van der Waals surface area contributed by atoms with E-state index in [9.17, 15) is 0 Å². The quantitative estimate of drug-likeness (QED) is 0.493. The standard InChI is InChI=1S/C5H12N2S/c1-2-6-4-7-5-8-3-1/h6-7H,1-5H2. The molecule has 0 spiro atoms. The number of thioether (sulfide) groups is 1. The number of hydrogen-bond donors (Lipinski definition) is 2. The minimum absolute atomic E-state index is 0.979. The molecule has 0 unspecified atom stereocenters. The summed E-state index contributed by atoms with van der Waals surface area (Å²) in [5, 5.41) is 6.50. The van der Waals surface area contributed by atoms with E-state index >= 15 is 0 Å². The maximum Gasteiger partial charge on any atom is 0.0460 e. The molecule has 0 aliphatic carbocycles. The third kappa shape index (κ3) is 2.55. The van der Waals surface area contributed by atoms with Gasteiger partial charge < -0.3 is 5.32 Å². The van der Waals surface area contributed by atoms with Gasteiger partial charge in [-0.1, -0.05) is 0 Å². The molecule has 0 atom stereocenters. The zero-order chi connectivity index (χ0) is 5.66. The molecule has 0 aromatic rings. The van der Waals surface area contributed by atoms with E-state index < -0.39 is 0 Å². The maximum absolute atomic E-state index is 3.26. The summed E-state index contributed by atoms with van der Waals surface area (Å²) in [4.78, 5) is 0. The third-order valence-electron chi connectivity index (χ3n) is 1.10. The summed E-state index contributed by atoms with van der Waals surface area (Å²) in [5.41, 5.74) is 0. The summed E-state index contributed by atoms with van der Waals surface area (Å²) in [7, 11) is 0. The largest absolute Gasteiger partial charge is 0.304 e. The minimum atomic E-state index is 0.979. The summed E-state index contributed by atoms with van der Waals surface area (Å²) in [6.45, 7) is 2.15. The Balaban J connectivity index is 2.00. The normalized spacial score (nSPS) is 24.0. The lowest BCUT2D eigenvalue weighted by Crippen LogP contribution is -2.31. The minimum Gasteiger partial charge on any atom is -0.304 e. The van der Waals surface area contributed by atoms with Crippen molar-refractivity contribution in [2.45, 2.75) is 6.42 Å². The van der Waals surface area contributed by atoms with E-state index in [2.05, 4.69) is 10.6 Å². The second-order valence-corrected chi connectivity index (χ2v) is 2.94. The van der Waals surface area contributed by atoms with Gasteiger partial charge in [-0.15, -0.1) is 11.8 Å². The van der Waals surface area contributed by atoms with Crippen LogP contribution < -0.4 is 10.6 Å². The Morgan fingerprint density at radius 2 is 2.25 bits per heavy atom. The van der Waals surface area contributed by atoms with E-state index in [4.69, 9.17) is 0 Å². The van der Waals surface area contributed by atoms with Gasteiger partial charge in [0, 0.05) is 12.5 Å². The van der Waals surface area contributed by atoms with E-state index in [-0.39, 0.29) is 0 Å². The fourth-order valence-electron chi connectivity index (χ4n) is 0.671. The topological polar surface area (TPSA) is 24.1 Å². The van der Waals surface area contributed by atoms with Gasteiger partial charge in [0.15, 0.2) is 0 Å². The molecular formula is C5H12N2S. The van der Waals surface area contributed by atoms with Gasteiger partial charge in [0.05, 0.1) is 0 Å². The van der Waals surface area contributed by atoms with Crippen LogP contribution >= 0.6 is 11.8 Å². The molecule has 8 heavy (non-hydrogen) atoms. The second kappa shape index (κ2) is 4.18. The van der Waals surface area contributed by atoms with Gasteiger partial charge in [0.1, 0.15) is 0 Å². The van der Waals surface area contributed by atoms with Gasteiger partial charge in [-0.3, -0.25) is 5.32 Å². The Bertz CT molecular complexity index is 34.4. The molecule has 1 heterocycles. The SMILES string of the molecule is C1CNCNCSC1. The van der Waals surface area contributed by atoms with Gasteiger partial charge in [0.2, 0.25) is 0 Å². The molecule has 0 saturated carbocycles. The number of rotatable bonds is 0. The van der Waals surface area contributed by atoms with E-state index in [0.29, 0.717) is 0 Å². The average Bonchev–Trinajstić information content (AvgIpc) is 1.62. The van der Waals surface area contributed by atoms with Gasteiger partial charge in [-0.25, -0.2) is 0 Å². The van der Waals surface area contributed by atoms with Gasteiger partial charge in [-0.05, 0) is 18.7 Å². The van der Waals surface area contributed by atoms with Crippen LogP contribution in [0.25, 0.3) is 0 Å². The molecule has 1 rings (SSSR count). The van der Waals surface area contributed by atoms with Gasteiger partial charge >= 0.3 is 0 Å². The highest BCUT2D eigenvalue weighted by molar-refractivity contribution is 7.99. The van der Waals surface area contributed by atoms with Crippen LogP contribution in [0.2, 0.25) is 0 Å². The summed E-state index contributed by atoms with van der Waals surface area (Å²) in [6.07, 6.45) is 1.31. The predicted molar refractivity (Wildman–Crippen MR) is 37.9 cm³/mol. The van der Waals surface area contributed by atoms with E-state index in [1.54, 1.807) is 0 Å². The summed E-state index contributed by atoms with van der Waals surface area (Å²) in [6, 6.07) is 0. The molecule has 1 saturated heterocycles. The first-order valence-corrected chi connectivity index (χ1v) is 4.15. The fourth-order valence-corrected chi connectivity index (χ4v) is 1.41. The first-order chi connectivity index (χ1) is 4.00. The average molecular weight is 132 g/mol. The fraction of sp³-hybridized carbons (Fsp3) is 1.00. The molecule has 0 aromatic carbocycles. The second-order valence-electron chi connectivity index (χ2n) is 1.83. The highest BCUT2D eigenvalue weighted by atomic mass is 32.2. The van der Waals surface area contributed by atoms with Crippen molar-refractivity contribution in [2.24, 2.45) is 0 Å². The molecular weight excluding hydrogens is 120 g/mol. The lowest BCUT2D eigenvalue weighted by Gasteiger charge is -2.09. The van der Waals surface area contributed by atoms with Crippen LogP contribution in [-0.2, 0) is 0 Å². The number of nitrogens with one attached hydrogen (secondary N) is 2. The maximum atomic E-state index is 3.26. The summed E-state index contributed by atoms with van der Waals surface area (Å²) >= 11 is 1.98. The Hall–Kier alpha value is 0.270. The van der Waals surface area contributed by atoms with Crippen LogP contribution in [0.15, 0.2) is 0 Å². The van der Waals surface area contributed by atoms with E-state index in [1.807, 2.05) is 11.8 Å². The van der Waals surface area contributed by atoms with Crippen molar-refractivity contribution < 1.29 is 0 Å². The lowest BCUT2D eigenvalue weighted by atomic mass is 10.5. The van der Waals surface area contributed by atoms with Crippen LogP contribution in [0.1, 0.15) is 6.42 Å². The third-order valence-corrected chi connectivity index (χ3v) is 2.08. The van der Waals surface area contributed by atoms with Crippen molar-refractivity contribution in [3.05, 3.63) is 0 Å². The summed E-state index contributed by atoms with van der Waals surface area (Å²) in [5.74, 6) is 2.40. The zero-order valence-electron chi connectivity index (χ0n) is 4.94. The van der Waals surface area contributed by atoms with Crippen molar-refractivity contribution in [2.75, 3.05) is 24.8 Å². The van der Waals surface area contributed by atoms with E-state index in [1.165, 1.54) is 18.7 Å². The van der Waals surface area contributed by atoms with Crippen LogP contribution in [0.3, 0.4) is 0 Å². The molecule has 1 fully saturated rings. The summed E-state index contributed by atoms with van der Waals surface area (Å²) < 4.78 is 0. The lowest BCUT2D eigenvalue weighted by molar-refractivity contribution is 0.610. The smallest absolute Gasteiger partial charge is 0.0460 e. The zero-order valence-corrected chi connectivity index (χ0v) is 5.76. The van der Waals surface area contributed by atoms with Gasteiger partial charge in [0.25, 0.3) is 0 Å². The molecule has 0 radical (unpaired) electrons. The first kappa shape index (κ1) is 6.39. The van der Waals surface area contributed by atoms with Crippen LogP contribution in [-0.4, -0.2) is 24.8 Å². The Kier molecular flexibility index (Phi) is 3.34. The molecule has 0 aromatic heterocycles. The van der Waals surface area contributed by atoms with Crippen molar-refractivity contribution in [1.29, 1.82) is 0 Å². The Morgan fingerprint density at radius 1 is 1.25 bits per heavy atom. The van der Waals surface area contributed by atoms with Crippen molar-refractivity contribution in [3.63, 3.8) is 0 Å². The molecule has 2 N–H and O–H groups in total. The molecule has 2 nitrogen and oxygen atoms in total. The number of hydrogen-bond acceptors (Lipinski definition) is 3. The first-order valence-electron chi connectivity index (χ1n) is 2.99. The van der Waals surface area contributed by atoms with Crippen molar-refractivity contribution in [1.82, 2.24) is 10.6 Å². The molecule has 0 bridgehead atoms. The highest BCUT2D eigenvalue weighted by Crippen LogP contribution is 1.99. The Morgan fingerprint density at radius 3 is 3.25 bits per heavy atom. The molecule has 1 aliphatic heterocycles. The van der Waals surface area contributed by atoms with E-state index in [0.717, 1.165) is 12.5 Å². The van der Waals surface area contributed by atoms with Crippen LogP contribution in [0.5, 0.6) is 0 Å². The molecule has 0 amide bonds. The van der Waals surface area contributed by atoms with Crippen molar-refractivity contribution >= 4 is 11.8 Å². The van der Waals surface area contributed by atoms with Crippen LogP contribution in [0, 0.1) is 0 Å². The predicted octanol–water partition coefficient (Wildman–Crippen LogP) is 0.217. The Labute approximate surface area is 54.4 Å². The van der Waals surface area contributed by atoms with Crippen LogP contribution in [0.4, 0.5) is 0 Å².